The molecule has 0 aliphatic rings. The molecular formula is C20H18F3N7O2S. The first-order valence-corrected chi connectivity index (χ1v) is 11.2. The highest BCUT2D eigenvalue weighted by Crippen LogP contribution is 2.36. The SMILES string of the molecule is Cn1ncc2ccc(Nc3ncc(C(F)(F)F)c(Nc4ccccc4CS(N)(=O)=O)n3)cc21. The summed E-state index contributed by atoms with van der Waals surface area (Å²) in [5, 5.41) is 15.6. The van der Waals surface area contributed by atoms with Crippen molar-refractivity contribution in [1.29, 1.82) is 0 Å². The highest BCUT2D eigenvalue weighted by atomic mass is 32.2. The third-order valence-electron chi connectivity index (χ3n) is 4.73. The van der Waals surface area contributed by atoms with Crippen molar-refractivity contribution >= 4 is 44.1 Å². The number of benzene rings is 2. The van der Waals surface area contributed by atoms with Crippen LogP contribution in [0.15, 0.2) is 54.9 Å². The molecule has 0 radical (unpaired) electrons. The molecule has 2 heterocycles. The molecule has 0 atom stereocenters. The molecule has 4 rings (SSSR count). The van der Waals surface area contributed by atoms with Crippen molar-refractivity contribution in [1.82, 2.24) is 19.7 Å². The number of nitrogens with zero attached hydrogens (tertiary/aromatic N) is 4. The first-order chi connectivity index (χ1) is 15.5. The van der Waals surface area contributed by atoms with Crippen molar-refractivity contribution in [3.63, 3.8) is 0 Å². The zero-order valence-corrected chi connectivity index (χ0v) is 17.9. The minimum absolute atomic E-state index is 0.0871. The minimum Gasteiger partial charge on any atom is -0.339 e. The Hall–Kier alpha value is -3.71. The number of alkyl halides is 3. The van der Waals surface area contributed by atoms with Gasteiger partial charge >= 0.3 is 6.18 Å². The maximum Gasteiger partial charge on any atom is 0.421 e. The molecular weight excluding hydrogens is 459 g/mol. The van der Waals surface area contributed by atoms with E-state index in [4.69, 9.17) is 5.14 Å². The van der Waals surface area contributed by atoms with Gasteiger partial charge in [0.1, 0.15) is 11.4 Å². The Balaban J connectivity index is 1.71. The third-order valence-corrected chi connectivity index (χ3v) is 5.44. The summed E-state index contributed by atoms with van der Waals surface area (Å²) in [7, 11) is -2.14. The summed E-state index contributed by atoms with van der Waals surface area (Å²) in [6.07, 6.45) is -2.40. The number of aryl methyl sites for hydroxylation is 1. The summed E-state index contributed by atoms with van der Waals surface area (Å²) in [6.45, 7) is 0. The van der Waals surface area contributed by atoms with Crippen molar-refractivity contribution in [3.8, 4) is 0 Å². The van der Waals surface area contributed by atoms with Gasteiger partial charge < -0.3 is 10.6 Å². The van der Waals surface area contributed by atoms with Crippen LogP contribution in [0.2, 0.25) is 0 Å². The van der Waals surface area contributed by atoms with Gasteiger partial charge in [0.2, 0.25) is 16.0 Å². The van der Waals surface area contributed by atoms with E-state index in [9.17, 15) is 21.6 Å². The van der Waals surface area contributed by atoms with E-state index in [1.165, 1.54) is 12.1 Å². The van der Waals surface area contributed by atoms with Gasteiger partial charge in [0.15, 0.2) is 0 Å². The number of anilines is 4. The molecule has 0 saturated carbocycles. The lowest BCUT2D eigenvalue weighted by atomic mass is 10.2. The molecule has 2 aromatic heterocycles. The van der Waals surface area contributed by atoms with Crippen molar-refractivity contribution in [2.24, 2.45) is 12.2 Å². The number of hydrogen-bond acceptors (Lipinski definition) is 7. The van der Waals surface area contributed by atoms with Crippen LogP contribution in [-0.2, 0) is 29.0 Å². The lowest BCUT2D eigenvalue weighted by Crippen LogP contribution is -2.16. The number of nitrogens with one attached hydrogen (secondary N) is 2. The number of sulfonamides is 1. The fourth-order valence-corrected chi connectivity index (χ4v) is 3.89. The molecule has 33 heavy (non-hydrogen) atoms. The van der Waals surface area contributed by atoms with Crippen LogP contribution in [0.1, 0.15) is 11.1 Å². The Labute approximate surface area is 186 Å². The Bertz CT molecular complexity index is 1440. The summed E-state index contributed by atoms with van der Waals surface area (Å²) in [6, 6.07) is 11.3. The Morgan fingerprint density at radius 3 is 2.58 bits per heavy atom. The van der Waals surface area contributed by atoms with E-state index < -0.39 is 33.3 Å². The lowest BCUT2D eigenvalue weighted by Gasteiger charge is -2.16. The first kappa shape index (κ1) is 22.5. The quantitative estimate of drug-likeness (QED) is 0.387. The number of primary sulfonamides is 1. The summed E-state index contributed by atoms with van der Waals surface area (Å²) in [5.74, 6) is -1.18. The highest BCUT2D eigenvalue weighted by molar-refractivity contribution is 7.88. The zero-order chi connectivity index (χ0) is 23.8. The number of rotatable bonds is 6. The van der Waals surface area contributed by atoms with Crippen molar-refractivity contribution in [3.05, 3.63) is 66.0 Å². The fraction of sp³-hybridized carbons (Fsp3) is 0.150. The molecule has 0 aliphatic heterocycles. The molecule has 0 unspecified atom stereocenters. The van der Waals surface area contributed by atoms with Gasteiger partial charge in [0.25, 0.3) is 0 Å². The van der Waals surface area contributed by atoms with Crippen molar-refractivity contribution < 1.29 is 21.6 Å². The largest absolute Gasteiger partial charge is 0.421 e. The van der Waals surface area contributed by atoms with Gasteiger partial charge in [-0.25, -0.2) is 18.5 Å². The molecule has 0 spiro atoms. The predicted molar refractivity (Wildman–Crippen MR) is 118 cm³/mol. The fourth-order valence-electron chi connectivity index (χ4n) is 3.21. The van der Waals surface area contributed by atoms with Gasteiger partial charge in [-0.1, -0.05) is 18.2 Å². The second kappa shape index (κ2) is 8.33. The second-order valence-electron chi connectivity index (χ2n) is 7.21. The summed E-state index contributed by atoms with van der Waals surface area (Å²) in [5.41, 5.74) is 0.565. The van der Waals surface area contributed by atoms with E-state index in [-0.39, 0.29) is 17.2 Å². The molecule has 4 N–H and O–H groups in total. The van der Waals surface area contributed by atoms with Crippen LogP contribution in [0.4, 0.5) is 36.3 Å². The number of para-hydroxylation sites is 1. The molecule has 13 heteroatoms. The number of nitrogens with two attached hydrogens (primary N) is 1. The average molecular weight is 477 g/mol. The third kappa shape index (κ3) is 5.21. The van der Waals surface area contributed by atoms with E-state index in [1.54, 1.807) is 48.3 Å². The molecule has 0 bridgehead atoms. The topological polar surface area (TPSA) is 128 Å². The summed E-state index contributed by atoms with van der Waals surface area (Å²) in [4.78, 5) is 7.80. The molecule has 0 fully saturated rings. The molecule has 0 aliphatic carbocycles. The van der Waals surface area contributed by atoms with Crippen LogP contribution in [0, 0.1) is 0 Å². The molecule has 9 nitrogen and oxygen atoms in total. The average Bonchev–Trinajstić information content (AvgIpc) is 3.08. The molecule has 0 amide bonds. The smallest absolute Gasteiger partial charge is 0.339 e. The van der Waals surface area contributed by atoms with Crippen LogP contribution in [0.25, 0.3) is 10.9 Å². The maximum absolute atomic E-state index is 13.6. The second-order valence-corrected chi connectivity index (χ2v) is 8.82. The Morgan fingerprint density at radius 1 is 1.09 bits per heavy atom. The van der Waals surface area contributed by atoms with Gasteiger partial charge in [-0.15, -0.1) is 0 Å². The van der Waals surface area contributed by atoms with Gasteiger partial charge in [-0.3, -0.25) is 4.68 Å². The molecule has 4 aromatic rings. The van der Waals surface area contributed by atoms with Gasteiger partial charge in [0, 0.05) is 30.0 Å². The van der Waals surface area contributed by atoms with Crippen LogP contribution >= 0.6 is 0 Å². The van der Waals surface area contributed by atoms with E-state index >= 15 is 0 Å². The van der Waals surface area contributed by atoms with E-state index in [0.717, 1.165) is 10.9 Å². The summed E-state index contributed by atoms with van der Waals surface area (Å²) >= 11 is 0. The number of halogens is 3. The Morgan fingerprint density at radius 2 is 1.85 bits per heavy atom. The van der Waals surface area contributed by atoms with Crippen molar-refractivity contribution in [2.45, 2.75) is 11.9 Å². The van der Waals surface area contributed by atoms with Crippen LogP contribution in [-0.4, -0.2) is 28.2 Å². The molecule has 172 valence electrons. The monoisotopic (exact) mass is 477 g/mol. The summed E-state index contributed by atoms with van der Waals surface area (Å²) < 4.78 is 65.5. The van der Waals surface area contributed by atoms with Gasteiger partial charge in [-0.05, 0) is 29.8 Å². The van der Waals surface area contributed by atoms with E-state index in [0.29, 0.717) is 11.9 Å². The van der Waals surface area contributed by atoms with Gasteiger partial charge in [0.05, 0.1) is 17.5 Å². The first-order valence-electron chi connectivity index (χ1n) is 9.48. The lowest BCUT2D eigenvalue weighted by molar-refractivity contribution is -0.137. The maximum atomic E-state index is 13.6. The number of fused-ring (bicyclic) bond motifs is 1. The zero-order valence-electron chi connectivity index (χ0n) is 17.1. The van der Waals surface area contributed by atoms with E-state index in [2.05, 4.69) is 25.7 Å². The standard InChI is InChI=1S/C20H18F3N7O2S/c1-30-17-8-14(7-6-12(17)9-26-30)27-19-25-10-15(20(21,22)23)18(29-19)28-16-5-3-2-4-13(16)11-33(24,31)32/h2-10H,11H2,1H3,(H2,24,31,32)(H2,25,27,28,29). The van der Waals surface area contributed by atoms with Crippen molar-refractivity contribution in [2.75, 3.05) is 10.6 Å². The van der Waals surface area contributed by atoms with E-state index in [1.807, 2.05) is 0 Å². The number of aromatic nitrogens is 4. The predicted octanol–water partition coefficient (Wildman–Crippen LogP) is 3.66. The van der Waals surface area contributed by atoms with Crippen LogP contribution < -0.4 is 15.8 Å². The van der Waals surface area contributed by atoms with Crippen LogP contribution in [0.3, 0.4) is 0 Å². The normalized spacial score (nSPS) is 12.2. The molecule has 0 saturated heterocycles. The molecule has 2 aromatic carbocycles. The Kier molecular flexibility index (Phi) is 5.68. The highest BCUT2D eigenvalue weighted by Gasteiger charge is 2.35. The number of hydrogen-bond donors (Lipinski definition) is 3. The van der Waals surface area contributed by atoms with Crippen LogP contribution in [0.5, 0.6) is 0 Å². The van der Waals surface area contributed by atoms with Gasteiger partial charge in [-0.2, -0.15) is 23.3 Å². The minimum atomic E-state index is -4.75.